The number of anilines is 1. The number of nitrogens with two attached hydrogens (primary N) is 1. The average molecular weight is 164 g/mol. The Labute approximate surface area is 74.0 Å². The number of nitrogens with zero attached hydrogens (tertiary/aromatic N) is 1. The summed E-state index contributed by atoms with van der Waals surface area (Å²) in [5.74, 6) is 0. The third kappa shape index (κ3) is 1.77. The van der Waals surface area contributed by atoms with E-state index in [0.717, 1.165) is 0 Å². The first-order chi connectivity index (χ1) is 5.65. The van der Waals surface area contributed by atoms with Crippen LogP contribution in [0.2, 0.25) is 0 Å². The lowest BCUT2D eigenvalue weighted by Crippen LogP contribution is -2.09. The van der Waals surface area contributed by atoms with E-state index >= 15 is 0 Å². The van der Waals surface area contributed by atoms with Crippen molar-refractivity contribution in [2.45, 2.75) is 13.5 Å². The maximum Gasteiger partial charge on any atom is 0.0363 e. The van der Waals surface area contributed by atoms with E-state index in [4.69, 9.17) is 5.73 Å². The van der Waals surface area contributed by atoms with Crippen molar-refractivity contribution >= 4 is 5.69 Å². The minimum absolute atomic E-state index is 0.625. The summed E-state index contributed by atoms with van der Waals surface area (Å²) >= 11 is 0. The van der Waals surface area contributed by atoms with E-state index in [1.54, 1.807) is 0 Å². The van der Waals surface area contributed by atoms with Crippen molar-refractivity contribution in [3.8, 4) is 0 Å². The molecule has 0 heterocycles. The minimum atomic E-state index is 0.625. The lowest BCUT2D eigenvalue weighted by molar-refractivity contribution is 1.04. The Kier molecular flexibility index (Phi) is 2.71. The molecule has 0 saturated heterocycles. The number of rotatable bonds is 2. The van der Waals surface area contributed by atoms with Crippen molar-refractivity contribution in [1.82, 2.24) is 0 Å². The molecule has 0 amide bonds. The van der Waals surface area contributed by atoms with Gasteiger partial charge in [0.25, 0.3) is 0 Å². The lowest BCUT2D eigenvalue weighted by atomic mass is 10.1. The second-order valence-corrected chi connectivity index (χ2v) is 3.21. The number of benzene rings is 1. The highest BCUT2D eigenvalue weighted by Gasteiger charge is 1.98. The van der Waals surface area contributed by atoms with Crippen LogP contribution in [0.1, 0.15) is 11.1 Å². The molecule has 0 aliphatic carbocycles. The molecule has 1 aromatic carbocycles. The standard InChI is InChI=1S/C10H16N2/c1-8-6-10(12(2)3)5-4-9(8)7-11/h4-6H,7,11H2,1-3H3. The van der Waals surface area contributed by atoms with Gasteiger partial charge >= 0.3 is 0 Å². The molecule has 0 spiro atoms. The molecule has 2 heteroatoms. The van der Waals surface area contributed by atoms with Crippen LogP contribution in [0, 0.1) is 6.92 Å². The number of aryl methyl sites for hydroxylation is 1. The van der Waals surface area contributed by atoms with Gasteiger partial charge in [0, 0.05) is 26.3 Å². The Bertz CT molecular complexity index is 267. The van der Waals surface area contributed by atoms with Gasteiger partial charge < -0.3 is 10.6 Å². The molecule has 12 heavy (non-hydrogen) atoms. The van der Waals surface area contributed by atoms with E-state index in [0.29, 0.717) is 6.54 Å². The summed E-state index contributed by atoms with van der Waals surface area (Å²) in [5, 5.41) is 0. The maximum atomic E-state index is 5.56. The Morgan fingerprint density at radius 3 is 2.42 bits per heavy atom. The van der Waals surface area contributed by atoms with E-state index in [1.165, 1.54) is 16.8 Å². The van der Waals surface area contributed by atoms with Crippen LogP contribution in [-0.2, 0) is 6.54 Å². The molecule has 0 aliphatic rings. The van der Waals surface area contributed by atoms with Crippen molar-refractivity contribution in [2.75, 3.05) is 19.0 Å². The van der Waals surface area contributed by atoms with Crippen molar-refractivity contribution in [3.05, 3.63) is 29.3 Å². The molecule has 0 bridgehead atoms. The summed E-state index contributed by atoms with van der Waals surface area (Å²) in [6, 6.07) is 6.34. The second kappa shape index (κ2) is 3.59. The number of hydrogen-bond donors (Lipinski definition) is 1. The van der Waals surface area contributed by atoms with Gasteiger partial charge in [0.1, 0.15) is 0 Å². The molecule has 0 fully saturated rings. The largest absolute Gasteiger partial charge is 0.378 e. The topological polar surface area (TPSA) is 29.3 Å². The molecule has 2 nitrogen and oxygen atoms in total. The van der Waals surface area contributed by atoms with Crippen LogP contribution in [0.4, 0.5) is 5.69 Å². The fourth-order valence-corrected chi connectivity index (χ4v) is 1.19. The third-order valence-corrected chi connectivity index (χ3v) is 2.06. The quantitative estimate of drug-likeness (QED) is 0.718. The van der Waals surface area contributed by atoms with Crippen LogP contribution in [0.5, 0.6) is 0 Å². The maximum absolute atomic E-state index is 5.56. The fourth-order valence-electron chi connectivity index (χ4n) is 1.19. The Morgan fingerprint density at radius 1 is 1.33 bits per heavy atom. The van der Waals surface area contributed by atoms with Crippen LogP contribution in [-0.4, -0.2) is 14.1 Å². The highest BCUT2D eigenvalue weighted by Crippen LogP contribution is 2.16. The van der Waals surface area contributed by atoms with Gasteiger partial charge in [-0.25, -0.2) is 0 Å². The van der Waals surface area contributed by atoms with E-state index < -0.39 is 0 Å². The monoisotopic (exact) mass is 164 g/mol. The van der Waals surface area contributed by atoms with Gasteiger partial charge in [0.05, 0.1) is 0 Å². The second-order valence-electron chi connectivity index (χ2n) is 3.21. The fraction of sp³-hybridized carbons (Fsp3) is 0.400. The molecule has 66 valence electrons. The molecule has 0 unspecified atom stereocenters. The zero-order valence-electron chi connectivity index (χ0n) is 7.96. The predicted octanol–water partition coefficient (Wildman–Crippen LogP) is 1.52. The molecule has 2 N–H and O–H groups in total. The van der Waals surface area contributed by atoms with Crippen LogP contribution in [0.15, 0.2) is 18.2 Å². The Morgan fingerprint density at radius 2 is 2.00 bits per heavy atom. The Hall–Kier alpha value is -1.02. The zero-order valence-corrected chi connectivity index (χ0v) is 7.96. The molecule has 0 aromatic heterocycles. The summed E-state index contributed by atoms with van der Waals surface area (Å²) in [4.78, 5) is 2.09. The van der Waals surface area contributed by atoms with Gasteiger partial charge in [-0.1, -0.05) is 6.07 Å². The molecule has 0 saturated carbocycles. The molecular formula is C10H16N2. The van der Waals surface area contributed by atoms with Crippen LogP contribution >= 0.6 is 0 Å². The van der Waals surface area contributed by atoms with Gasteiger partial charge in [-0.15, -0.1) is 0 Å². The van der Waals surface area contributed by atoms with Crippen molar-refractivity contribution in [2.24, 2.45) is 5.73 Å². The van der Waals surface area contributed by atoms with Crippen molar-refractivity contribution < 1.29 is 0 Å². The first kappa shape index (κ1) is 9.07. The smallest absolute Gasteiger partial charge is 0.0363 e. The summed E-state index contributed by atoms with van der Waals surface area (Å²) in [7, 11) is 4.08. The molecular weight excluding hydrogens is 148 g/mol. The minimum Gasteiger partial charge on any atom is -0.378 e. The molecule has 1 aromatic rings. The van der Waals surface area contributed by atoms with E-state index in [-0.39, 0.29) is 0 Å². The van der Waals surface area contributed by atoms with Gasteiger partial charge in [-0.3, -0.25) is 0 Å². The molecule has 0 aliphatic heterocycles. The van der Waals surface area contributed by atoms with Crippen LogP contribution in [0.25, 0.3) is 0 Å². The third-order valence-electron chi connectivity index (χ3n) is 2.06. The van der Waals surface area contributed by atoms with E-state index in [1.807, 2.05) is 14.1 Å². The molecule has 0 atom stereocenters. The lowest BCUT2D eigenvalue weighted by Gasteiger charge is -2.14. The Balaban J connectivity index is 3.02. The van der Waals surface area contributed by atoms with Gasteiger partial charge in [-0.2, -0.15) is 0 Å². The van der Waals surface area contributed by atoms with Gasteiger partial charge in [0.2, 0.25) is 0 Å². The van der Waals surface area contributed by atoms with Gasteiger partial charge in [0.15, 0.2) is 0 Å². The van der Waals surface area contributed by atoms with Crippen LogP contribution in [0.3, 0.4) is 0 Å². The SMILES string of the molecule is Cc1cc(N(C)C)ccc1CN. The normalized spacial score (nSPS) is 10.0. The summed E-state index contributed by atoms with van der Waals surface area (Å²) in [5.41, 5.74) is 9.28. The highest BCUT2D eigenvalue weighted by atomic mass is 15.1. The molecule has 0 radical (unpaired) electrons. The first-order valence-electron chi connectivity index (χ1n) is 4.12. The summed E-state index contributed by atoms with van der Waals surface area (Å²) in [6.45, 7) is 2.72. The number of hydrogen-bond acceptors (Lipinski definition) is 2. The summed E-state index contributed by atoms with van der Waals surface area (Å²) < 4.78 is 0. The van der Waals surface area contributed by atoms with Crippen LogP contribution < -0.4 is 10.6 Å². The first-order valence-corrected chi connectivity index (χ1v) is 4.12. The van der Waals surface area contributed by atoms with Gasteiger partial charge in [-0.05, 0) is 30.2 Å². The highest BCUT2D eigenvalue weighted by molar-refractivity contribution is 5.49. The predicted molar refractivity (Wildman–Crippen MR) is 53.4 cm³/mol. The summed E-state index contributed by atoms with van der Waals surface area (Å²) in [6.07, 6.45) is 0. The van der Waals surface area contributed by atoms with E-state index in [2.05, 4.69) is 30.0 Å². The average Bonchev–Trinajstić information content (AvgIpc) is 2.04. The van der Waals surface area contributed by atoms with E-state index in [9.17, 15) is 0 Å². The molecule has 1 rings (SSSR count). The zero-order chi connectivity index (χ0) is 9.14. The van der Waals surface area contributed by atoms with Crippen molar-refractivity contribution in [3.63, 3.8) is 0 Å². The van der Waals surface area contributed by atoms with Crippen molar-refractivity contribution in [1.29, 1.82) is 0 Å².